The predicted octanol–water partition coefficient (Wildman–Crippen LogP) is 3.57. The van der Waals surface area contributed by atoms with Crippen LogP contribution in [0.4, 0.5) is 16.0 Å². The van der Waals surface area contributed by atoms with Gasteiger partial charge in [0.05, 0.1) is 9.95 Å². The highest BCUT2D eigenvalue weighted by molar-refractivity contribution is 6.30. The molecule has 0 bridgehead atoms. The number of nitrogens with one attached hydrogen (secondary N) is 1. The molecule has 0 saturated carbocycles. The van der Waals surface area contributed by atoms with Crippen molar-refractivity contribution in [3.8, 4) is 0 Å². The SMILES string of the molecule is CC(C)(CNc1ncc([N+](=O)[O-])cn1)c1cccc(Cl)c1F. The normalized spacial score (nSPS) is 11.3. The molecule has 0 unspecified atom stereocenters. The van der Waals surface area contributed by atoms with Gasteiger partial charge in [0.2, 0.25) is 5.95 Å². The molecule has 0 aliphatic heterocycles. The van der Waals surface area contributed by atoms with Crippen LogP contribution in [-0.2, 0) is 5.41 Å². The van der Waals surface area contributed by atoms with Gasteiger partial charge in [-0.2, -0.15) is 0 Å². The molecule has 8 heteroatoms. The molecule has 0 aliphatic carbocycles. The quantitative estimate of drug-likeness (QED) is 0.671. The van der Waals surface area contributed by atoms with E-state index >= 15 is 0 Å². The van der Waals surface area contributed by atoms with Crippen molar-refractivity contribution in [3.05, 3.63) is 57.1 Å². The molecule has 2 rings (SSSR count). The van der Waals surface area contributed by atoms with Crippen molar-refractivity contribution in [2.24, 2.45) is 0 Å². The van der Waals surface area contributed by atoms with Gasteiger partial charge in [-0.25, -0.2) is 14.4 Å². The van der Waals surface area contributed by atoms with E-state index in [1.165, 1.54) is 6.07 Å². The van der Waals surface area contributed by atoms with Crippen molar-refractivity contribution < 1.29 is 9.31 Å². The van der Waals surface area contributed by atoms with Crippen LogP contribution in [0.15, 0.2) is 30.6 Å². The summed E-state index contributed by atoms with van der Waals surface area (Å²) in [7, 11) is 0. The Hall–Kier alpha value is -2.28. The summed E-state index contributed by atoms with van der Waals surface area (Å²) in [6, 6.07) is 4.84. The highest BCUT2D eigenvalue weighted by Gasteiger charge is 2.25. The number of aromatic nitrogens is 2. The van der Waals surface area contributed by atoms with Crippen LogP contribution in [0.3, 0.4) is 0 Å². The molecular formula is C14H14ClFN4O2. The number of anilines is 1. The molecular weight excluding hydrogens is 311 g/mol. The van der Waals surface area contributed by atoms with Crippen LogP contribution in [0.25, 0.3) is 0 Å². The van der Waals surface area contributed by atoms with E-state index in [9.17, 15) is 14.5 Å². The van der Waals surface area contributed by atoms with E-state index in [-0.39, 0.29) is 16.7 Å². The fraction of sp³-hybridized carbons (Fsp3) is 0.286. The molecule has 0 saturated heterocycles. The summed E-state index contributed by atoms with van der Waals surface area (Å²) >= 11 is 5.80. The fourth-order valence-electron chi connectivity index (χ4n) is 1.93. The number of hydrogen-bond acceptors (Lipinski definition) is 5. The Labute approximate surface area is 131 Å². The maximum absolute atomic E-state index is 14.1. The van der Waals surface area contributed by atoms with Gasteiger partial charge in [0.25, 0.3) is 0 Å². The predicted molar refractivity (Wildman–Crippen MR) is 81.6 cm³/mol. The van der Waals surface area contributed by atoms with Gasteiger partial charge in [-0.1, -0.05) is 37.6 Å². The van der Waals surface area contributed by atoms with E-state index in [0.717, 1.165) is 12.4 Å². The Morgan fingerprint density at radius 3 is 2.59 bits per heavy atom. The molecule has 0 amide bonds. The van der Waals surface area contributed by atoms with E-state index in [1.807, 2.05) is 13.8 Å². The lowest BCUT2D eigenvalue weighted by Gasteiger charge is -2.26. The van der Waals surface area contributed by atoms with Crippen LogP contribution >= 0.6 is 11.6 Å². The summed E-state index contributed by atoms with van der Waals surface area (Å²) in [6.07, 6.45) is 2.23. The minimum Gasteiger partial charge on any atom is -0.353 e. The number of rotatable bonds is 5. The first-order valence-electron chi connectivity index (χ1n) is 6.46. The van der Waals surface area contributed by atoms with Gasteiger partial charge in [-0.15, -0.1) is 0 Å². The summed E-state index contributed by atoms with van der Waals surface area (Å²) < 4.78 is 14.1. The Kier molecular flexibility index (Phi) is 4.56. The van der Waals surface area contributed by atoms with Gasteiger partial charge in [0.15, 0.2) is 0 Å². The highest BCUT2D eigenvalue weighted by atomic mass is 35.5. The number of nitrogens with zero attached hydrogens (tertiary/aromatic N) is 3. The van der Waals surface area contributed by atoms with Crippen LogP contribution in [0.2, 0.25) is 5.02 Å². The molecule has 1 aromatic heterocycles. The molecule has 0 radical (unpaired) electrons. The number of benzene rings is 1. The lowest BCUT2D eigenvalue weighted by Crippen LogP contribution is -2.29. The summed E-state index contributed by atoms with van der Waals surface area (Å²) in [4.78, 5) is 17.7. The smallest absolute Gasteiger partial charge is 0.305 e. The van der Waals surface area contributed by atoms with Gasteiger partial charge in [-0.3, -0.25) is 10.1 Å². The van der Waals surface area contributed by atoms with E-state index in [0.29, 0.717) is 12.1 Å². The molecule has 1 aromatic carbocycles. The van der Waals surface area contributed by atoms with Crippen molar-refractivity contribution in [2.45, 2.75) is 19.3 Å². The maximum atomic E-state index is 14.1. The average molecular weight is 325 g/mol. The highest BCUT2D eigenvalue weighted by Crippen LogP contribution is 2.29. The number of nitro groups is 1. The molecule has 0 atom stereocenters. The number of hydrogen-bond donors (Lipinski definition) is 1. The first-order chi connectivity index (χ1) is 10.3. The molecule has 0 aliphatic rings. The maximum Gasteiger partial charge on any atom is 0.305 e. The summed E-state index contributed by atoms with van der Waals surface area (Å²) in [5, 5.41) is 13.5. The Balaban J connectivity index is 2.12. The van der Waals surface area contributed by atoms with E-state index < -0.39 is 16.2 Å². The van der Waals surface area contributed by atoms with Gasteiger partial charge in [0, 0.05) is 12.0 Å². The van der Waals surface area contributed by atoms with Crippen molar-refractivity contribution in [2.75, 3.05) is 11.9 Å². The van der Waals surface area contributed by atoms with Crippen LogP contribution in [-0.4, -0.2) is 21.4 Å². The molecule has 2 aromatic rings. The molecule has 1 N–H and O–H groups in total. The second-order valence-corrected chi connectivity index (χ2v) is 5.77. The molecule has 6 nitrogen and oxygen atoms in total. The lowest BCUT2D eigenvalue weighted by molar-refractivity contribution is -0.385. The van der Waals surface area contributed by atoms with E-state index in [4.69, 9.17) is 11.6 Å². The Morgan fingerprint density at radius 1 is 1.36 bits per heavy atom. The zero-order valence-corrected chi connectivity index (χ0v) is 12.8. The van der Waals surface area contributed by atoms with Crippen LogP contribution in [0.5, 0.6) is 0 Å². The fourth-order valence-corrected chi connectivity index (χ4v) is 2.10. The topological polar surface area (TPSA) is 81.0 Å². The van der Waals surface area contributed by atoms with E-state index in [1.54, 1.807) is 12.1 Å². The van der Waals surface area contributed by atoms with Crippen LogP contribution in [0.1, 0.15) is 19.4 Å². The van der Waals surface area contributed by atoms with Crippen LogP contribution < -0.4 is 5.32 Å². The zero-order chi connectivity index (χ0) is 16.3. The standard InChI is InChI=1S/C14H14ClFN4O2/c1-14(2,10-4-3-5-11(15)12(10)16)8-19-13-17-6-9(7-18-13)20(21)22/h3-7H,8H2,1-2H3,(H,17,18,19). The van der Waals surface area contributed by atoms with Crippen LogP contribution in [0, 0.1) is 15.9 Å². The molecule has 116 valence electrons. The first kappa shape index (κ1) is 16.1. The third-order valence-electron chi connectivity index (χ3n) is 3.22. The van der Waals surface area contributed by atoms with Crippen molar-refractivity contribution in [1.29, 1.82) is 0 Å². The average Bonchev–Trinajstić information content (AvgIpc) is 2.48. The summed E-state index contributed by atoms with van der Waals surface area (Å²) in [6.45, 7) is 4.03. The molecule has 1 heterocycles. The third-order valence-corrected chi connectivity index (χ3v) is 3.51. The van der Waals surface area contributed by atoms with Gasteiger partial charge in [-0.05, 0) is 11.6 Å². The van der Waals surface area contributed by atoms with Crippen molar-refractivity contribution in [3.63, 3.8) is 0 Å². The van der Waals surface area contributed by atoms with E-state index in [2.05, 4.69) is 15.3 Å². The largest absolute Gasteiger partial charge is 0.353 e. The third kappa shape index (κ3) is 3.48. The molecule has 22 heavy (non-hydrogen) atoms. The van der Waals surface area contributed by atoms with Gasteiger partial charge in [0.1, 0.15) is 18.2 Å². The summed E-state index contributed by atoms with van der Waals surface area (Å²) in [5.41, 5.74) is -0.291. The monoisotopic (exact) mass is 324 g/mol. The minimum absolute atomic E-state index is 0.0668. The molecule has 0 fully saturated rings. The zero-order valence-electron chi connectivity index (χ0n) is 12.0. The Bertz CT molecular complexity index is 692. The van der Waals surface area contributed by atoms with Crippen molar-refractivity contribution in [1.82, 2.24) is 9.97 Å². The van der Waals surface area contributed by atoms with Crippen molar-refractivity contribution >= 4 is 23.2 Å². The second kappa shape index (κ2) is 6.23. The molecule has 0 spiro atoms. The first-order valence-corrected chi connectivity index (χ1v) is 6.84. The summed E-state index contributed by atoms with van der Waals surface area (Å²) in [5.74, 6) is -0.221. The van der Waals surface area contributed by atoms with Gasteiger partial charge < -0.3 is 5.32 Å². The lowest BCUT2D eigenvalue weighted by atomic mass is 9.84. The second-order valence-electron chi connectivity index (χ2n) is 5.36. The minimum atomic E-state index is -0.574. The van der Waals surface area contributed by atoms with Gasteiger partial charge >= 0.3 is 5.69 Å². The number of halogens is 2. The Morgan fingerprint density at radius 2 is 2.00 bits per heavy atom.